The second-order valence-electron chi connectivity index (χ2n) is 7.14. The van der Waals surface area contributed by atoms with Crippen molar-refractivity contribution >= 4 is 18.9 Å². The van der Waals surface area contributed by atoms with Gasteiger partial charge in [-0.3, -0.25) is 19.3 Å². The van der Waals surface area contributed by atoms with E-state index in [4.69, 9.17) is 29.3 Å². The van der Waals surface area contributed by atoms with Crippen LogP contribution < -0.4 is 4.74 Å². The third-order valence-corrected chi connectivity index (χ3v) is 5.49. The van der Waals surface area contributed by atoms with Crippen molar-refractivity contribution in [1.29, 1.82) is 0 Å². The molecule has 0 unspecified atom stereocenters. The molecule has 10 heteroatoms. The largest absolute Gasteiger partial charge is 0.483 e. The Labute approximate surface area is 175 Å². The monoisotopic (exact) mass is 423 g/mol. The number of hydrogen-bond acceptors (Lipinski definition) is 7. The molecule has 2 N–H and O–H groups in total. The van der Waals surface area contributed by atoms with Gasteiger partial charge in [0.15, 0.2) is 0 Å². The number of hydrogen-bond donors (Lipinski definition) is 2. The van der Waals surface area contributed by atoms with Gasteiger partial charge in [0.1, 0.15) is 0 Å². The first-order chi connectivity index (χ1) is 14.6. The number of amides is 1. The average Bonchev–Trinajstić information content (AvgIpc) is 3.48. The maximum Gasteiger partial charge on any atom is 0.290 e. The summed E-state index contributed by atoms with van der Waals surface area (Å²) in [5.74, 6) is 0.891. The van der Waals surface area contributed by atoms with Crippen LogP contribution in [0, 0.1) is 5.92 Å². The van der Waals surface area contributed by atoms with Gasteiger partial charge in [-0.15, -0.1) is 0 Å². The number of aromatic nitrogens is 1. The lowest BCUT2D eigenvalue weighted by molar-refractivity contribution is -0.137. The van der Waals surface area contributed by atoms with Crippen molar-refractivity contribution < 1.29 is 34.1 Å². The number of carbonyl (C=O) groups is 3. The molecule has 0 bridgehead atoms. The molecule has 30 heavy (non-hydrogen) atoms. The highest BCUT2D eigenvalue weighted by atomic mass is 16.5. The number of fused-ring (bicyclic) bond motifs is 1. The zero-order valence-corrected chi connectivity index (χ0v) is 17.1. The van der Waals surface area contributed by atoms with Crippen molar-refractivity contribution in [2.75, 3.05) is 33.4 Å². The van der Waals surface area contributed by atoms with E-state index in [1.54, 1.807) is 7.11 Å². The van der Waals surface area contributed by atoms with Gasteiger partial charge < -0.3 is 24.6 Å². The van der Waals surface area contributed by atoms with Crippen LogP contribution in [-0.2, 0) is 25.7 Å². The van der Waals surface area contributed by atoms with Crippen molar-refractivity contribution in [3.8, 4) is 5.88 Å². The lowest BCUT2D eigenvalue weighted by Gasteiger charge is -2.23. The quantitative estimate of drug-likeness (QED) is 0.672. The highest BCUT2D eigenvalue weighted by molar-refractivity contribution is 5.80. The fourth-order valence-corrected chi connectivity index (χ4v) is 4.31. The Bertz CT molecular complexity index is 691. The number of ether oxygens (including phenoxy) is 2. The predicted molar refractivity (Wildman–Crippen MR) is 106 cm³/mol. The van der Waals surface area contributed by atoms with Crippen LogP contribution in [0.2, 0.25) is 0 Å². The van der Waals surface area contributed by atoms with E-state index in [-0.39, 0.29) is 30.9 Å². The molecule has 1 aromatic heterocycles. The lowest BCUT2D eigenvalue weighted by Crippen LogP contribution is -2.39. The molecular formula is C20H29N3O7. The van der Waals surface area contributed by atoms with Gasteiger partial charge in [-0.1, -0.05) is 6.07 Å². The van der Waals surface area contributed by atoms with Crippen LogP contribution in [0.4, 0.5) is 0 Å². The van der Waals surface area contributed by atoms with Crippen LogP contribution in [0.1, 0.15) is 25.0 Å². The molecule has 0 spiro atoms. The van der Waals surface area contributed by atoms with Crippen molar-refractivity contribution in [1.82, 2.24) is 14.8 Å². The number of pyridine rings is 1. The number of methoxy groups -OCH3 is 1. The Balaban J connectivity index is 0.000000480. The summed E-state index contributed by atoms with van der Waals surface area (Å²) in [5, 5.41) is 13.8. The van der Waals surface area contributed by atoms with Crippen molar-refractivity contribution in [3.05, 3.63) is 23.9 Å². The maximum atomic E-state index is 12.9. The Hall–Kier alpha value is -2.72. The topological polar surface area (TPSA) is 130 Å². The molecule has 166 valence electrons. The first-order valence-corrected chi connectivity index (χ1v) is 9.89. The molecule has 3 aliphatic heterocycles. The molecule has 0 radical (unpaired) electrons. The molecule has 4 rings (SSSR count). The fourth-order valence-electron chi connectivity index (χ4n) is 4.31. The van der Waals surface area contributed by atoms with Crippen molar-refractivity contribution in [2.45, 2.75) is 38.0 Å². The van der Waals surface area contributed by atoms with E-state index < -0.39 is 0 Å². The second kappa shape index (κ2) is 12.1. The summed E-state index contributed by atoms with van der Waals surface area (Å²) in [6.45, 7) is 3.57. The molecule has 4 heterocycles. The standard InChI is InChI=1S/C18H25N3O3.2CH2O2/c1-23-16-6-4-5-13(19-16)11-21-12-14(17-15(21)7-10-24-17)18(22)20-8-2-3-9-20;2*2-1-3/h4-6,14-15,17H,2-3,7-12H2,1H3;2*1H,(H,2,3)/t14-,15+,17+;;/m0../s1. The van der Waals surface area contributed by atoms with Crippen LogP contribution in [0.25, 0.3) is 0 Å². The van der Waals surface area contributed by atoms with Gasteiger partial charge in [0, 0.05) is 44.9 Å². The van der Waals surface area contributed by atoms with Crippen LogP contribution in [0.5, 0.6) is 5.88 Å². The number of likely N-dealkylation sites (tertiary alicyclic amines) is 2. The number of rotatable bonds is 4. The van der Waals surface area contributed by atoms with Gasteiger partial charge >= 0.3 is 0 Å². The molecule has 3 aliphatic rings. The van der Waals surface area contributed by atoms with Gasteiger partial charge in [-0.05, 0) is 25.3 Å². The maximum absolute atomic E-state index is 12.9. The summed E-state index contributed by atoms with van der Waals surface area (Å²) in [7, 11) is 1.63. The minimum Gasteiger partial charge on any atom is -0.483 e. The van der Waals surface area contributed by atoms with E-state index in [9.17, 15) is 4.79 Å². The molecule has 1 amide bonds. The first kappa shape index (κ1) is 23.6. The van der Waals surface area contributed by atoms with E-state index in [2.05, 4.69) is 9.88 Å². The summed E-state index contributed by atoms with van der Waals surface area (Å²) in [5.41, 5.74) is 0.981. The molecule has 10 nitrogen and oxygen atoms in total. The minimum absolute atomic E-state index is 0.0267. The van der Waals surface area contributed by atoms with Crippen LogP contribution >= 0.6 is 0 Å². The molecule has 3 fully saturated rings. The van der Waals surface area contributed by atoms with Crippen LogP contribution in [0.3, 0.4) is 0 Å². The SMILES string of the molecule is COc1cccc(CN2C[C@H](C(=O)N3CCCC3)[C@H]3OCC[C@H]32)n1.O=CO.O=CO. The predicted octanol–water partition coefficient (Wildman–Crippen LogP) is 0.704. The molecule has 3 atom stereocenters. The zero-order chi connectivity index (χ0) is 21.9. The fraction of sp³-hybridized carbons (Fsp3) is 0.600. The van der Waals surface area contributed by atoms with E-state index in [0.717, 1.165) is 57.7 Å². The highest BCUT2D eigenvalue weighted by Crippen LogP contribution is 2.35. The highest BCUT2D eigenvalue weighted by Gasteiger charge is 2.49. The molecular weight excluding hydrogens is 394 g/mol. The Morgan fingerprint density at radius 1 is 1.27 bits per heavy atom. The third-order valence-electron chi connectivity index (χ3n) is 5.49. The summed E-state index contributed by atoms with van der Waals surface area (Å²) < 4.78 is 11.2. The number of nitrogens with zero attached hydrogens (tertiary/aromatic N) is 3. The molecule has 1 aromatic rings. The number of carbonyl (C=O) groups excluding carboxylic acids is 1. The molecule has 3 saturated heterocycles. The van der Waals surface area contributed by atoms with Crippen LogP contribution in [-0.4, -0.2) is 89.3 Å². The summed E-state index contributed by atoms with van der Waals surface area (Å²) >= 11 is 0. The smallest absolute Gasteiger partial charge is 0.290 e. The van der Waals surface area contributed by atoms with E-state index in [1.807, 2.05) is 23.1 Å². The Morgan fingerprint density at radius 3 is 2.57 bits per heavy atom. The van der Waals surface area contributed by atoms with Crippen LogP contribution in [0.15, 0.2) is 18.2 Å². The summed E-state index contributed by atoms with van der Waals surface area (Å²) in [6.07, 6.45) is 3.30. The minimum atomic E-state index is -0.250. The average molecular weight is 423 g/mol. The van der Waals surface area contributed by atoms with E-state index in [1.165, 1.54) is 0 Å². The molecule has 0 aliphatic carbocycles. The van der Waals surface area contributed by atoms with Gasteiger partial charge in [-0.2, -0.15) is 0 Å². The van der Waals surface area contributed by atoms with E-state index >= 15 is 0 Å². The Morgan fingerprint density at radius 2 is 1.93 bits per heavy atom. The van der Waals surface area contributed by atoms with E-state index in [0.29, 0.717) is 11.9 Å². The molecule has 0 saturated carbocycles. The zero-order valence-electron chi connectivity index (χ0n) is 17.1. The summed E-state index contributed by atoms with van der Waals surface area (Å²) in [6, 6.07) is 6.17. The number of carboxylic acid groups (broad SMARTS) is 2. The van der Waals surface area contributed by atoms with Gasteiger partial charge in [0.25, 0.3) is 12.9 Å². The van der Waals surface area contributed by atoms with Crippen molar-refractivity contribution in [3.63, 3.8) is 0 Å². The molecule has 0 aromatic carbocycles. The van der Waals surface area contributed by atoms with Gasteiger partial charge in [0.2, 0.25) is 11.8 Å². The Kier molecular flexibility index (Phi) is 9.49. The lowest BCUT2D eigenvalue weighted by atomic mass is 10.0. The van der Waals surface area contributed by atoms with Crippen molar-refractivity contribution in [2.24, 2.45) is 5.92 Å². The third kappa shape index (κ3) is 5.90. The second-order valence-corrected chi connectivity index (χ2v) is 7.14. The normalized spacial score (nSPS) is 24.7. The summed E-state index contributed by atoms with van der Waals surface area (Å²) in [4.78, 5) is 38.5. The first-order valence-electron chi connectivity index (χ1n) is 9.89. The van der Waals surface area contributed by atoms with Gasteiger partial charge in [0.05, 0.1) is 24.8 Å². The van der Waals surface area contributed by atoms with Gasteiger partial charge in [-0.25, -0.2) is 4.98 Å².